The number of amides is 1. The van der Waals surface area contributed by atoms with Crippen LogP contribution in [0.5, 0.6) is 0 Å². The van der Waals surface area contributed by atoms with E-state index >= 15 is 0 Å². The number of nitrogens with one attached hydrogen (secondary N) is 1. The second kappa shape index (κ2) is 6.73. The molecule has 1 aliphatic rings. The van der Waals surface area contributed by atoms with E-state index in [2.05, 4.69) is 12.2 Å². The first-order valence-corrected chi connectivity index (χ1v) is 7.39. The highest BCUT2D eigenvalue weighted by molar-refractivity contribution is 5.95. The molecule has 4 heteroatoms. The summed E-state index contributed by atoms with van der Waals surface area (Å²) in [5, 5.41) is 2.85. The normalized spacial score (nSPS) is 22.5. The second-order valence-corrected chi connectivity index (χ2v) is 5.94. The molecule has 1 aliphatic carbocycles. The minimum absolute atomic E-state index is 0.250. The minimum Gasteiger partial charge on any atom is -0.399 e. The zero-order valence-corrected chi connectivity index (χ0v) is 12.0. The molecule has 0 radical (unpaired) electrons. The van der Waals surface area contributed by atoms with Crippen molar-refractivity contribution in [1.29, 1.82) is 0 Å². The molecule has 3 nitrogen and oxygen atoms in total. The zero-order valence-electron chi connectivity index (χ0n) is 12.0. The molecule has 1 aromatic carbocycles. The van der Waals surface area contributed by atoms with Gasteiger partial charge in [0.15, 0.2) is 0 Å². The Morgan fingerprint density at radius 1 is 1.30 bits per heavy atom. The van der Waals surface area contributed by atoms with Gasteiger partial charge in [0.05, 0.1) is 0 Å². The van der Waals surface area contributed by atoms with Gasteiger partial charge in [-0.05, 0) is 36.5 Å². The van der Waals surface area contributed by atoms with E-state index < -0.39 is 5.82 Å². The lowest BCUT2D eigenvalue weighted by Gasteiger charge is -2.26. The number of carbonyl (C=O) groups is 1. The van der Waals surface area contributed by atoms with E-state index in [9.17, 15) is 9.18 Å². The van der Waals surface area contributed by atoms with Gasteiger partial charge in [-0.25, -0.2) is 4.39 Å². The number of carbonyl (C=O) groups excluding carboxylic acids is 1. The van der Waals surface area contributed by atoms with Crippen molar-refractivity contribution in [3.8, 4) is 0 Å². The van der Waals surface area contributed by atoms with Gasteiger partial charge in [-0.2, -0.15) is 0 Å². The summed E-state index contributed by atoms with van der Waals surface area (Å²) < 4.78 is 13.2. The third-order valence-electron chi connectivity index (χ3n) is 4.16. The van der Waals surface area contributed by atoms with Crippen LogP contribution in [0.1, 0.15) is 49.4 Å². The fourth-order valence-electron chi connectivity index (χ4n) is 2.85. The van der Waals surface area contributed by atoms with Gasteiger partial charge in [-0.15, -0.1) is 0 Å². The van der Waals surface area contributed by atoms with Crippen LogP contribution in [0.2, 0.25) is 0 Å². The van der Waals surface area contributed by atoms with Crippen LogP contribution in [0.4, 0.5) is 10.1 Å². The van der Waals surface area contributed by atoms with Gasteiger partial charge in [0, 0.05) is 17.8 Å². The Labute approximate surface area is 119 Å². The van der Waals surface area contributed by atoms with Gasteiger partial charge < -0.3 is 11.1 Å². The Bertz CT molecular complexity index is 447. The number of anilines is 1. The fourth-order valence-corrected chi connectivity index (χ4v) is 2.85. The lowest BCUT2D eigenvalue weighted by atomic mass is 9.81. The third kappa shape index (κ3) is 4.22. The monoisotopic (exact) mass is 278 g/mol. The van der Waals surface area contributed by atoms with E-state index in [1.807, 2.05) is 0 Å². The number of hydrogen-bond acceptors (Lipinski definition) is 2. The zero-order chi connectivity index (χ0) is 14.5. The van der Waals surface area contributed by atoms with Crippen LogP contribution in [-0.2, 0) is 0 Å². The van der Waals surface area contributed by atoms with E-state index in [-0.39, 0.29) is 11.6 Å². The Morgan fingerprint density at radius 2 is 2.00 bits per heavy atom. The standard InChI is InChI=1S/C16H23FN2O/c1-11-2-4-12(5-3-11)6-7-19-16(20)13-8-14(17)10-15(18)9-13/h8-12H,2-7,18H2,1H3,(H,19,20). The highest BCUT2D eigenvalue weighted by atomic mass is 19.1. The Morgan fingerprint density at radius 3 is 2.65 bits per heavy atom. The van der Waals surface area contributed by atoms with Crippen molar-refractivity contribution >= 4 is 11.6 Å². The molecule has 0 spiro atoms. The molecule has 1 amide bonds. The van der Waals surface area contributed by atoms with Crippen LogP contribution in [0.25, 0.3) is 0 Å². The highest BCUT2D eigenvalue weighted by Crippen LogP contribution is 2.29. The van der Waals surface area contributed by atoms with E-state index in [0.29, 0.717) is 18.0 Å². The topological polar surface area (TPSA) is 55.1 Å². The predicted molar refractivity (Wildman–Crippen MR) is 78.9 cm³/mol. The van der Waals surface area contributed by atoms with Crippen LogP contribution >= 0.6 is 0 Å². The molecule has 1 saturated carbocycles. The summed E-state index contributed by atoms with van der Waals surface area (Å²) in [4.78, 5) is 11.9. The lowest BCUT2D eigenvalue weighted by Crippen LogP contribution is -2.27. The molecule has 3 N–H and O–H groups in total. The molecule has 0 heterocycles. The van der Waals surface area contributed by atoms with Gasteiger partial charge >= 0.3 is 0 Å². The fraction of sp³-hybridized carbons (Fsp3) is 0.562. The average molecular weight is 278 g/mol. The summed E-state index contributed by atoms with van der Waals surface area (Å²) in [5.74, 6) is 0.831. The van der Waals surface area contributed by atoms with E-state index in [0.717, 1.165) is 12.3 Å². The first-order chi connectivity index (χ1) is 9.54. The molecule has 2 rings (SSSR count). The number of nitrogens with two attached hydrogens (primary N) is 1. The van der Waals surface area contributed by atoms with Gasteiger partial charge in [0.25, 0.3) is 5.91 Å². The molecular weight excluding hydrogens is 255 g/mol. The number of benzene rings is 1. The molecule has 1 aromatic rings. The van der Waals surface area contributed by atoms with Crippen LogP contribution in [0.3, 0.4) is 0 Å². The van der Waals surface area contributed by atoms with Crippen molar-refractivity contribution in [2.75, 3.05) is 12.3 Å². The number of halogens is 1. The van der Waals surface area contributed by atoms with Crippen molar-refractivity contribution in [2.24, 2.45) is 11.8 Å². The van der Waals surface area contributed by atoms with Crippen molar-refractivity contribution in [3.05, 3.63) is 29.6 Å². The predicted octanol–water partition coefficient (Wildman–Crippen LogP) is 3.35. The van der Waals surface area contributed by atoms with Crippen LogP contribution in [-0.4, -0.2) is 12.5 Å². The number of nitrogen functional groups attached to an aromatic ring is 1. The molecule has 0 atom stereocenters. The van der Waals surface area contributed by atoms with Crippen molar-refractivity contribution < 1.29 is 9.18 Å². The molecular formula is C16H23FN2O. The summed E-state index contributed by atoms with van der Waals surface area (Å²) in [5.41, 5.74) is 6.10. The molecule has 1 fully saturated rings. The van der Waals surface area contributed by atoms with E-state index in [1.165, 1.54) is 43.9 Å². The van der Waals surface area contributed by atoms with Crippen LogP contribution in [0, 0.1) is 17.7 Å². The van der Waals surface area contributed by atoms with E-state index in [1.54, 1.807) is 0 Å². The highest BCUT2D eigenvalue weighted by Gasteiger charge is 2.18. The Kier molecular flexibility index (Phi) is 4.99. The maximum Gasteiger partial charge on any atom is 0.251 e. The van der Waals surface area contributed by atoms with Crippen LogP contribution in [0.15, 0.2) is 18.2 Å². The quantitative estimate of drug-likeness (QED) is 0.830. The molecule has 0 aromatic heterocycles. The molecule has 110 valence electrons. The molecule has 0 bridgehead atoms. The first kappa shape index (κ1) is 14.8. The largest absolute Gasteiger partial charge is 0.399 e. The number of hydrogen-bond donors (Lipinski definition) is 2. The summed E-state index contributed by atoms with van der Waals surface area (Å²) in [7, 11) is 0. The van der Waals surface area contributed by atoms with Gasteiger partial charge in [-0.3, -0.25) is 4.79 Å². The van der Waals surface area contributed by atoms with Gasteiger partial charge in [0.2, 0.25) is 0 Å². The van der Waals surface area contributed by atoms with Crippen molar-refractivity contribution in [2.45, 2.75) is 39.0 Å². The number of rotatable bonds is 4. The van der Waals surface area contributed by atoms with Crippen molar-refractivity contribution in [1.82, 2.24) is 5.32 Å². The summed E-state index contributed by atoms with van der Waals surface area (Å²) in [6.45, 7) is 2.95. The molecule has 0 aliphatic heterocycles. The third-order valence-corrected chi connectivity index (χ3v) is 4.16. The smallest absolute Gasteiger partial charge is 0.251 e. The maximum absolute atomic E-state index is 13.2. The summed E-state index contributed by atoms with van der Waals surface area (Å²) >= 11 is 0. The summed E-state index contributed by atoms with van der Waals surface area (Å²) in [6.07, 6.45) is 6.09. The second-order valence-electron chi connectivity index (χ2n) is 5.94. The van der Waals surface area contributed by atoms with Gasteiger partial charge in [-0.1, -0.05) is 32.6 Å². The molecule has 20 heavy (non-hydrogen) atoms. The minimum atomic E-state index is -0.476. The summed E-state index contributed by atoms with van der Waals surface area (Å²) in [6, 6.07) is 3.93. The Hall–Kier alpha value is -1.58. The SMILES string of the molecule is CC1CCC(CCNC(=O)c2cc(N)cc(F)c2)CC1. The average Bonchev–Trinajstić information content (AvgIpc) is 2.40. The van der Waals surface area contributed by atoms with Crippen LogP contribution < -0.4 is 11.1 Å². The first-order valence-electron chi connectivity index (χ1n) is 7.39. The maximum atomic E-state index is 13.2. The van der Waals surface area contributed by atoms with Gasteiger partial charge in [0.1, 0.15) is 5.82 Å². The van der Waals surface area contributed by atoms with E-state index in [4.69, 9.17) is 5.73 Å². The molecule has 0 saturated heterocycles. The lowest BCUT2D eigenvalue weighted by molar-refractivity contribution is 0.0949. The Balaban J connectivity index is 1.77. The molecule has 0 unspecified atom stereocenters. The van der Waals surface area contributed by atoms with Crippen molar-refractivity contribution in [3.63, 3.8) is 0 Å².